The lowest BCUT2D eigenvalue weighted by Gasteiger charge is -2.08. The summed E-state index contributed by atoms with van der Waals surface area (Å²) in [6.45, 7) is 1.99. The number of hydrogen-bond acceptors (Lipinski definition) is 3. The zero-order valence-corrected chi connectivity index (χ0v) is 10.8. The fourth-order valence-electron chi connectivity index (χ4n) is 1.32. The predicted octanol–water partition coefficient (Wildman–Crippen LogP) is 3.02. The number of carbonyl (C=O) groups is 1. The van der Waals surface area contributed by atoms with Gasteiger partial charge in [-0.2, -0.15) is 0 Å². The minimum absolute atomic E-state index is 0.00262. The Kier molecular flexibility index (Phi) is 5.47. The summed E-state index contributed by atoms with van der Waals surface area (Å²) >= 11 is 3.10. The average molecular weight is 308 g/mol. The van der Waals surface area contributed by atoms with Gasteiger partial charge in [0.1, 0.15) is 0 Å². The first-order chi connectivity index (χ1) is 8.08. The zero-order chi connectivity index (χ0) is 12.8. The number of halogens is 3. The van der Waals surface area contributed by atoms with Gasteiger partial charge in [-0.1, -0.05) is 15.9 Å². The van der Waals surface area contributed by atoms with Crippen LogP contribution >= 0.6 is 15.9 Å². The van der Waals surface area contributed by atoms with Gasteiger partial charge < -0.3 is 4.74 Å². The van der Waals surface area contributed by atoms with Crippen LogP contribution in [0, 0.1) is 0 Å². The number of carbonyl (C=O) groups excluding carboxylic acids is 1. The maximum absolute atomic E-state index is 12.6. The number of ether oxygens (including phenoxy) is 1. The Bertz CT molecular complexity index is 399. The maximum atomic E-state index is 12.6. The summed E-state index contributed by atoms with van der Waals surface area (Å²) in [7, 11) is 0. The Morgan fingerprint density at radius 3 is 2.76 bits per heavy atom. The molecule has 0 radical (unpaired) electrons. The van der Waals surface area contributed by atoms with E-state index in [0.717, 1.165) is 0 Å². The van der Waals surface area contributed by atoms with E-state index in [9.17, 15) is 13.6 Å². The van der Waals surface area contributed by atoms with Crippen molar-refractivity contribution in [1.29, 1.82) is 0 Å². The van der Waals surface area contributed by atoms with Crippen molar-refractivity contribution in [2.75, 3.05) is 6.61 Å². The third kappa shape index (κ3) is 4.03. The second-order valence-corrected chi connectivity index (χ2v) is 3.82. The largest absolute Gasteiger partial charge is 0.466 e. The number of hydrogen-bond donors (Lipinski definition) is 0. The molecule has 0 fully saturated rings. The Hall–Kier alpha value is -1.04. The number of pyridine rings is 1. The summed E-state index contributed by atoms with van der Waals surface area (Å²) in [6.07, 6.45) is -2.57. The van der Waals surface area contributed by atoms with E-state index >= 15 is 0 Å². The molecule has 0 saturated heterocycles. The zero-order valence-electron chi connectivity index (χ0n) is 9.25. The molecule has 0 aromatic carbocycles. The highest BCUT2D eigenvalue weighted by Crippen LogP contribution is 2.23. The molecule has 0 amide bonds. The molecule has 6 heteroatoms. The number of alkyl halides is 3. The molecule has 0 atom stereocenters. The van der Waals surface area contributed by atoms with Gasteiger partial charge in [0.15, 0.2) is 0 Å². The molecule has 17 heavy (non-hydrogen) atoms. The molecule has 0 N–H and O–H groups in total. The second kappa shape index (κ2) is 6.64. The van der Waals surface area contributed by atoms with E-state index in [-0.39, 0.29) is 23.0 Å². The van der Waals surface area contributed by atoms with E-state index < -0.39 is 12.4 Å². The molecule has 3 nitrogen and oxygen atoms in total. The SMILES string of the molecule is CCOC(=O)Cc1ccc(C(F)F)c(CBr)n1. The molecule has 0 aliphatic carbocycles. The Balaban J connectivity index is 2.86. The van der Waals surface area contributed by atoms with E-state index in [1.54, 1.807) is 6.92 Å². The third-order valence-corrected chi connectivity index (χ3v) is 2.59. The Morgan fingerprint density at radius 1 is 1.53 bits per heavy atom. The van der Waals surface area contributed by atoms with E-state index in [0.29, 0.717) is 12.3 Å². The normalized spacial score (nSPS) is 10.6. The number of esters is 1. The minimum atomic E-state index is -2.56. The van der Waals surface area contributed by atoms with Gasteiger partial charge in [0.2, 0.25) is 0 Å². The summed E-state index contributed by atoms with van der Waals surface area (Å²) in [6, 6.07) is 2.72. The third-order valence-electron chi connectivity index (χ3n) is 2.06. The van der Waals surface area contributed by atoms with Crippen LogP contribution in [-0.2, 0) is 21.3 Å². The van der Waals surface area contributed by atoms with Crippen molar-refractivity contribution in [3.63, 3.8) is 0 Å². The molecule has 0 bridgehead atoms. The molecule has 1 heterocycles. The Morgan fingerprint density at radius 2 is 2.24 bits per heavy atom. The first kappa shape index (κ1) is 14.0. The number of nitrogens with zero attached hydrogens (tertiary/aromatic N) is 1. The van der Waals surface area contributed by atoms with Crippen LogP contribution in [0.3, 0.4) is 0 Å². The van der Waals surface area contributed by atoms with Gasteiger partial charge >= 0.3 is 5.97 Å². The minimum Gasteiger partial charge on any atom is -0.466 e. The van der Waals surface area contributed by atoms with Gasteiger partial charge in [0.25, 0.3) is 6.43 Å². The average Bonchev–Trinajstić information content (AvgIpc) is 2.28. The number of rotatable bonds is 5. The lowest BCUT2D eigenvalue weighted by Crippen LogP contribution is -2.10. The molecule has 0 unspecified atom stereocenters. The second-order valence-electron chi connectivity index (χ2n) is 3.25. The van der Waals surface area contributed by atoms with Crippen LogP contribution in [0.4, 0.5) is 8.78 Å². The highest BCUT2D eigenvalue weighted by atomic mass is 79.9. The summed E-state index contributed by atoms with van der Waals surface area (Å²) in [5, 5.41) is 0.226. The van der Waals surface area contributed by atoms with Crippen molar-refractivity contribution in [3.8, 4) is 0 Å². The van der Waals surface area contributed by atoms with Gasteiger partial charge in [-0.15, -0.1) is 0 Å². The molecular formula is C11H12BrF2NO2. The lowest BCUT2D eigenvalue weighted by molar-refractivity contribution is -0.142. The van der Waals surface area contributed by atoms with Crippen molar-refractivity contribution in [2.24, 2.45) is 0 Å². The van der Waals surface area contributed by atoms with Crippen LogP contribution in [0.1, 0.15) is 30.3 Å². The van der Waals surface area contributed by atoms with Crippen molar-refractivity contribution < 1.29 is 18.3 Å². The van der Waals surface area contributed by atoms with Crippen LogP contribution in [-0.4, -0.2) is 17.6 Å². The van der Waals surface area contributed by atoms with E-state index in [2.05, 4.69) is 20.9 Å². The van der Waals surface area contributed by atoms with Crippen LogP contribution < -0.4 is 0 Å². The van der Waals surface area contributed by atoms with Crippen molar-refractivity contribution >= 4 is 21.9 Å². The maximum Gasteiger partial charge on any atom is 0.311 e. The molecule has 94 valence electrons. The lowest BCUT2D eigenvalue weighted by atomic mass is 10.1. The molecule has 0 aliphatic heterocycles. The monoisotopic (exact) mass is 307 g/mol. The predicted molar refractivity (Wildman–Crippen MR) is 62.2 cm³/mol. The first-order valence-corrected chi connectivity index (χ1v) is 6.19. The highest BCUT2D eigenvalue weighted by Gasteiger charge is 2.15. The molecule has 1 aromatic rings. The topological polar surface area (TPSA) is 39.2 Å². The quantitative estimate of drug-likeness (QED) is 0.620. The van der Waals surface area contributed by atoms with E-state index in [1.807, 2.05) is 0 Å². The standard InChI is InChI=1S/C11H12BrF2NO2/c1-2-17-10(16)5-7-3-4-8(11(13)14)9(6-12)15-7/h3-4,11H,2,5-6H2,1H3. The number of aromatic nitrogens is 1. The summed E-state index contributed by atoms with van der Waals surface area (Å²) < 4.78 is 29.9. The van der Waals surface area contributed by atoms with Gasteiger partial charge in [0, 0.05) is 10.9 Å². The van der Waals surface area contributed by atoms with E-state index in [1.165, 1.54) is 12.1 Å². The fraction of sp³-hybridized carbons (Fsp3) is 0.455. The van der Waals surface area contributed by atoms with Gasteiger partial charge in [-0.25, -0.2) is 8.78 Å². The van der Waals surface area contributed by atoms with Crippen LogP contribution in [0.5, 0.6) is 0 Å². The van der Waals surface area contributed by atoms with E-state index in [4.69, 9.17) is 4.74 Å². The summed E-state index contributed by atoms with van der Waals surface area (Å²) in [5.74, 6) is -0.412. The highest BCUT2D eigenvalue weighted by molar-refractivity contribution is 9.08. The van der Waals surface area contributed by atoms with Gasteiger partial charge in [0.05, 0.1) is 24.4 Å². The smallest absolute Gasteiger partial charge is 0.311 e. The summed E-state index contributed by atoms with van der Waals surface area (Å²) in [5.41, 5.74) is 0.568. The molecule has 1 rings (SSSR count). The molecule has 0 spiro atoms. The Labute approximate surface area is 106 Å². The fourth-order valence-corrected chi connectivity index (χ4v) is 1.77. The summed E-state index contributed by atoms with van der Waals surface area (Å²) in [4.78, 5) is 15.2. The van der Waals surface area contributed by atoms with Gasteiger partial charge in [-0.05, 0) is 19.1 Å². The van der Waals surface area contributed by atoms with Crippen LogP contribution in [0.15, 0.2) is 12.1 Å². The van der Waals surface area contributed by atoms with Crippen molar-refractivity contribution in [1.82, 2.24) is 4.98 Å². The van der Waals surface area contributed by atoms with Crippen molar-refractivity contribution in [2.45, 2.75) is 25.1 Å². The van der Waals surface area contributed by atoms with Crippen LogP contribution in [0.2, 0.25) is 0 Å². The molecular weight excluding hydrogens is 296 g/mol. The first-order valence-electron chi connectivity index (χ1n) is 5.06. The molecule has 0 aliphatic rings. The molecule has 1 aromatic heterocycles. The van der Waals surface area contributed by atoms with Crippen molar-refractivity contribution in [3.05, 3.63) is 29.1 Å². The van der Waals surface area contributed by atoms with Crippen LogP contribution in [0.25, 0.3) is 0 Å². The molecule has 0 saturated carbocycles. The van der Waals surface area contributed by atoms with Gasteiger partial charge in [-0.3, -0.25) is 9.78 Å².